The molecule has 0 aliphatic heterocycles. The van der Waals surface area contributed by atoms with E-state index in [0.29, 0.717) is 11.3 Å². The summed E-state index contributed by atoms with van der Waals surface area (Å²) in [4.78, 5) is 11.3. The highest BCUT2D eigenvalue weighted by Crippen LogP contribution is 2.38. The Morgan fingerprint density at radius 2 is 1.76 bits per heavy atom. The van der Waals surface area contributed by atoms with Crippen LogP contribution >= 0.6 is 11.3 Å². The molecule has 0 N–H and O–H groups in total. The first-order valence-electron chi connectivity index (χ1n) is 9.03. The largest absolute Gasteiger partial charge is 0.493 e. The van der Waals surface area contributed by atoms with Crippen molar-refractivity contribution >= 4 is 34.4 Å². The summed E-state index contributed by atoms with van der Waals surface area (Å²) in [6.07, 6.45) is 3.08. The number of methoxy groups -OCH3 is 2. The second kappa shape index (κ2) is 9.75. The maximum absolute atomic E-state index is 11.3. The lowest BCUT2D eigenvalue weighted by Crippen LogP contribution is -1.93. The van der Waals surface area contributed by atoms with Gasteiger partial charge in [0.25, 0.3) is 0 Å². The summed E-state index contributed by atoms with van der Waals surface area (Å²) < 4.78 is 16.2. The van der Waals surface area contributed by atoms with Crippen molar-refractivity contribution in [3.8, 4) is 17.1 Å². The van der Waals surface area contributed by atoms with Crippen LogP contribution in [0.25, 0.3) is 28.4 Å². The van der Waals surface area contributed by atoms with E-state index in [9.17, 15) is 4.79 Å². The van der Waals surface area contributed by atoms with Gasteiger partial charge in [-0.05, 0) is 41.5 Å². The summed E-state index contributed by atoms with van der Waals surface area (Å²) in [5.41, 5.74) is 3.58. The zero-order valence-electron chi connectivity index (χ0n) is 16.5. The Balaban J connectivity index is 0.000000419. The molecule has 5 heteroatoms. The van der Waals surface area contributed by atoms with Gasteiger partial charge in [0, 0.05) is 22.6 Å². The lowest BCUT2D eigenvalue weighted by molar-refractivity contribution is -0.134. The fourth-order valence-electron chi connectivity index (χ4n) is 2.88. The molecular formula is C24H22O4S. The standard InChI is InChI=1S/C20H18O4.C4H4S/c1-13-16-11-14(9-10-18(21)23-3)12-17(22-2)20(16)24-19(13)15-7-5-4-6-8-15;1-2-4-5-3-1/h4-12H,1-3H3;1-4H. The van der Waals surface area contributed by atoms with Crippen molar-refractivity contribution in [1.82, 2.24) is 0 Å². The van der Waals surface area contributed by atoms with Gasteiger partial charge in [-0.2, -0.15) is 11.3 Å². The lowest BCUT2D eigenvalue weighted by Gasteiger charge is -2.03. The molecule has 4 rings (SSSR count). The molecule has 0 saturated carbocycles. The Labute approximate surface area is 174 Å². The molecule has 0 atom stereocenters. The molecule has 0 saturated heterocycles. The molecule has 0 bridgehead atoms. The molecule has 0 spiro atoms. The van der Waals surface area contributed by atoms with Crippen LogP contribution in [0, 0.1) is 6.92 Å². The molecular weight excluding hydrogens is 384 g/mol. The number of esters is 1. The van der Waals surface area contributed by atoms with Crippen LogP contribution in [0.1, 0.15) is 11.1 Å². The van der Waals surface area contributed by atoms with Crippen LogP contribution in [0.15, 0.2) is 75.9 Å². The second-order valence-electron chi connectivity index (χ2n) is 6.17. The highest BCUT2D eigenvalue weighted by molar-refractivity contribution is 7.07. The minimum atomic E-state index is -0.400. The van der Waals surface area contributed by atoms with Crippen molar-refractivity contribution < 1.29 is 18.7 Å². The Kier molecular flexibility index (Phi) is 6.87. The molecule has 0 aliphatic rings. The topological polar surface area (TPSA) is 48.7 Å². The Morgan fingerprint density at radius 1 is 1.03 bits per heavy atom. The zero-order valence-corrected chi connectivity index (χ0v) is 17.4. The van der Waals surface area contributed by atoms with E-state index < -0.39 is 5.97 Å². The summed E-state index contributed by atoms with van der Waals surface area (Å²) in [6.45, 7) is 2.02. The molecule has 4 nitrogen and oxygen atoms in total. The second-order valence-corrected chi connectivity index (χ2v) is 6.99. The summed E-state index contributed by atoms with van der Waals surface area (Å²) in [7, 11) is 2.95. The van der Waals surface area contributed by atoms with E-state index in [4.69, 9.17) is 9.15 Å². The van der Waals surface area contributed by atoms with Gasteiger partial charge in [0.2, 0.25) is 0 Å². The van der Waals surface area contributed by atoms with Crippen LogP contribution in [-0.2, 0) is 9.53 Å². The van der Waals surface area contributed by atoms with Crippen LogP contribution in [0.3, 0.4) is 0 Å². The van der Waals surface area contributed by atoms with Crippen molar-refractivity contribution in [2.45, 2.75) is 6.92 Å². The van der Waals surface area contributed by atoms with Gasteiger partial charge in [-0.1, -0.05) is 42.5 Å². The number of fused-ring (bicyclic) bond motifs is 1. The fraction of sp³-hybridized carbons (Fsp3) is 0.125. The van der Waals surface area contributed by atoms with Crippen molar-refractivity contribution in [2.75, 3.05) is 14.2 Å². The van der Waals surface area contributed by atoms with Crippen LogP contribution < -0.4 is 4.74 Å². The summed E-state index contributed by atoms with van der Waals surface area (Å²) in [5, 5.41) is 5.04. The number of hydrogen-bond donors (Lipinski definition) is 0. The smallest absolute Gasteiger partial charge is 0.330 e. The number of carbonyl (C=O) groups excluding carboxylic acids is 1. The third kappa shape index (κ3) is 4.95. The van der Waals surface area contributed by atoms with Gasteiger partial charge in [-0.15, -0.1) is 0 Å². The SMILES string of the molecule is COC(=O)C=Cc1cc(OC)c2oc(-c3ccccc3)c(C)c2c1.c1ccsc1. The third-order valence-electron chi connectivity index (χ3n) is 4.32. The molecule has 29 heavy (non-hydrogen) atoms. The number of ether oxygens (including phenoxy) is 2. The van der Waals surface area contributed by atoms with Crippen molar-refractivity contribution in [1.29, 1.82) is 0 Å². The number of rotatable bonds is 4. The van der Waals surface area contributed by atoms with Gasteiger partial charge in [-0.3, -0.25) is 0 Å². The molecule has 2 heterocycles. The summed E-state index contributed by atoms with van der Waals surface area (Å²) >= 11 is 1.71. The highest BCUT2D eigenvalue weighted by atomic mass is 32.1. The quantitative estimate of drug-likeness (QED) is 0.293. The molecule has 0 aliphatic carbocycles. The molecule has 0 fully saturated rings. The number of carbonyl (C=O) groups is 1. The van der Waals surface area contributed by atoms with Gasteiger partial charge in [0.15, 0.2) is 11.3 Å². The monoisotopic (exact) mass is 406 g/mol. The number of benzene rings is 2. The Morgan fingerprint density at radius 3 is 2.34 bits per heavy atom. The van der Waals surface area contributed by atoms with E-state index in [1.165, 1.54) is 13.2 Å². The molecule has 2 aromatic heterocycles. The van der Waals surface area contributed by atoms with E-state index in [2.05, 4.69) is 4.74 Å². The first-order valence-corrected chi connectivity index (χ1v) is 9.98. The van der Waals surface area contributed by atoms with Gasteiger partial charge in [0.05, 0.1) is 14.2 Å². The predicted molar refractivity (Wildman–Crippen MR) is 118 cm³/mol. The van der Waals surface area contributed by atoms with E-state index in [-0.39, 0.29) is 0 Å². The highest BCUT2D eigenvalue weighted by Gasteiger charge is 2.16. The predicted octanol–water partition coefficient (Wildman–Crippen LogP) is 6.35. The van der Waals surface area contributed by atoms with E-state index in [1.54, 1.807) is 24.5 Å². The normalized spacial score (nSPS) is 10.6. The summed E-state index contributed by atoms with van der Waals surface area (Å²) in [6, 6.07) is 17.8. The van der Waals surface area contributed by atoms with E-state index >= 15 is 0 Å². The Bertz CT molecular complexity index is 1080. The molecule has 4 aromatic rings. The summed E-state index contributed by atoms with van der Waals surface area (Å²) in [5.74, 6) is 1.04. The minimum Gasteiger partial charge on any atom is -0.493 e. The van der Waals surface area contributed by atoms with E-state index in [0.717, 1.165) is 27.8 Å². The molecule has 0 radical (unpaired) electrons. The Hall–Kier alpha value is -3.31. The maximum Gasteiger partial charge on any atom is 0.330 e. The average molecular weight is 407 g/mol. The van der Waals surface area contributed by atoms with Gasteiger partial charge in [-0.25, -0.2) is 4.79 Å². The number of aryl methyl sites for hydroxylation is 1. The minimum absolute atomic E-state index is 0.400. The van der Waals surface area contributed by atoms with Gasteiger partial charge in [0.1, 0.15) is 5.76 Å². The molecule has 2 aromatic carbocycles. The number of hydrogen-bond acceptors (Lipinski definition) is 5. The van der Waals surface area contributed by atoms with Crippen molar-refractivity contribution in [3.63, 3.8) is 0 Å². The average Bonchev–Trinajstić information content (AvgIpc) is 3.45. The van der Waals surface area contributed by atoms with Crippen LogP contribution in [0.4, 0.5) is 0 Å². The maximum atomic E-state index is 11.3. The van der Waals surface area contributed by atoms with E-state index in [1.807, 2.05) is 72.3 Å². The lowest BCUT2D eigenvalue weighted by atomic mass is 10.0. The number of furan rings is 1. The van der Waals surface area contributed by atoms with Crippen molar-refractivity contribution in [2.24, 2.45) is 0 Å². The third-order valence-corrected chi connectivity index (χ3v) is 4.95. The van der Waals surface area contributed by atoms with Gasteiger partial charge < -0.3 is 13.9 Å². The fourth-order valence-corrected chi connectivity index (χ4v) is 3.33. The molecule has 0 amide bonds. The first-order chi connectivity index (χ1) is 14.1. The van der Waals surface area contributed by atoms with Crippen LogP contribution in [0.5, 0.6) is 5.75 Å². The van der Waals surface area contributed by atoms with Crippen LogP contribution in [0.2, 0.25) is 0 Å². The van der Waals surface area contributed by atoms with Gasteiger partial charge >= 0.3 is 5.97 Å². The first kappa shape index (κ1) is 20.4. The zero-order chi connectivity index (χ0) is 20.6. The van der Waals surface area contributed by atoms with Crippen molar-refractivity contribution in [3.05, 3.63) is 82.6 Å². The van der Waals surface area contributed by atoms with Crippen LogP contribution in [-0.4, -0.2) is 20.2 Å². The number of thiophene rings is 1. The molecule has 0 unspecified atom stereocenters. The molecule has 148 valence electrons.